The number of phenols is 2. The zero-order valence-corrected chi connectivity index (χ0v) is 21.8. The predicted octanol–water partition coefficient (Wildman–Crippen LogP) is 6.78. The number of hydrogen-bond acceptors (Lipinski definition) is 7. The first-order valence-corrected chi connectivity index (χ1v) is 12.6. The maximum absolute atomic E-state index is 14.5. The second-order valence-corrected chi connectivity index (χ2v) is 9.26. The third kappa shape index (κ3) is 4.33. The van der Waals surface area contributed by atoms with Gasteiger partial charge in [0.15, 0.2) is 28.8 Å². The van der Waals surface area contributed by atoms with Crippen LogP contribution in [-0.4, -0.2) is 40.2 Å². The fourth-order valence-corrected chi connectivity index (χ4v) is 4.81. The molecule has 40 heavy (non-hydrogen) atoms. The van der Waals surface area contributed by atoms with E-state index in [2.05, 4.69) is 0 Å². The van der Waals surface area contributed by atoms with Crippen molar-refractivity contribution in [2.24, 2.45) is 0 Å². The molecule has 6 aromatic rings. The van der Waals surface area contributed by atoms with Gasteiger partial charge in [-0.15, -0.1) is 0 Å². The Hall–Kier alpha value is -5.43. The minimum Gasteiger partial charge on any atom is -0.504 e. The van der Waals surface area contributed by atoms with E-state index in [9.17, 15) is 15.0 Å². The second-order valence-electron chi connectivity index (χ2n) is 9.26. The number of methoxy groups -OCH3 is 2. The number of rotatable bonds is 6. The molecule has 6 rings (SSSR count). The summed E-state index contributed by atoms with van der Waals surface area (Å²) in [5.74, 6) is 0.246. The molecule has 196 valence electrons. The zero-order chi connectivity index (χ0) is 27.8. The normalized spacial score (nSPS) is 11.1. The minimum absolute atomic E-state index is 0.0118. The SMILES string of the molecule is COc1cc(-c2nc3ccccc3cc2C(=O)c2cc3ccccc3nc2-c2ccc(O)c(OC)c2)ccc1O. The fourth-order valence-electron chi connectivity index (χ4n) is 4.81. The van der Waals surface area contributed by atoms with Gasteiger partial charge in [-0.3, -0.25) is 4.79 Å². The standard InChI is InChI=1S/C33H24N2O5/c1-39-29-17-21(11-13-27(29)36)31-23(15-19-7-3-5-9-25(19)34-31)33(38)24-16-20-8-4-6-10-26(20)35-32(24)22-12-14-28(37)30(18-22)40-2/h3-18,36-37H,1-2H3. The molecule has 0 aliphatic carbocycles. The Morgan fingerprint density at radius 2 is 1.02 bits per heavy atom. The Balaban J connectivity index is 1.62. The van der Waals surface area contributed by atoms with Crippen LogP contribution in [0, 0.1) is 0 Å². The van der Waals surface area contributed by atoms with Gasteiger partial charge in [-0.25, -0.2) is 9.97 Å². The molecule has 4 aromatic carbocycles. The lowest BCUT2D eigenvalue weighted by atomic mass is 9.92. The Labute approximate surface area is 229 Å². The summed E-state index contributed by atoms with van der Waals surface area (Å²) >= 11 is 0. The molecule has 2 heterocycles. The quantitative estimate of drug-likeness (QED) is 0.230. The van der Waals surface area contributed by atoms with Crippen molar-refractivity contribution in [1.82, 2.24) is 9.97 Å². The number of aromatic hydroxyl groups is 2. The van der Waals surface area contributed by atoms with Gasteiger partial charge < -0.3 is 19.7 Å². The van der Waals surface area contributed by atoms with Crippen molar-refractivity contribution in [2.45, 2.75) is 0 Å². The molecule has 2 N–H and O–H groups in total. The molecule has 2 aromatic heterocycles. The summed E-state index contributed by atoms with van der Waals surface area (Å²) in [5.41, 5.74) is 4.32. The molecule has 0 radical (unpaired) electrons. The number of ether oxygens (including phenoxy) is 2. The summed E-state index contributed by atoms with van der Waals surface area (Å²) in [6, 6.07) is 28.6. The molecule has 0 aliphatic heterocycles. The smallest absolute Gasteiger partial charge is 0.197 e. The molecule has 0 aliphatic rings. The van der Waals surface area contributed by atoms with Crippen LogP contribution < -0.4 is 9.47 Å². The number of aromatic nitrogens is 2. The van der Waals surface area contributed by atoms with Crippen LogP contribution in [-0.2, 0) is 0 Å². The van der Waals surface area contributed by atoms with Crippen LogP contribution in [0.15, 0.2) is 97.1 Å². The summed E-state index contributed by atoms with van der Waals surface area (Å²) in [4.78, 5) is 24.3. The first-order chi connectivity index (χ1) is 19.5. The van der Waals surface area contributed by atoms with E-state index in [-0.39, 0.29) is 28.8 Å². The molecule has 0 atom stereocenters. The van der Waals surface area contributed by atoms with E-state index in [1.165, 1.54) is 26.4 Å². The summed E-state index contributed by atoms with van der Waals surface area (Å²) in [5, 5.41) is 22.0. The molecular weight excluding hydrogens is 504 g/mol. The average Bonchev–Trinajstić information content (AvgIpc) is 3.00. The van der Waals surface area contributed by atoms with Crippen LogP contribution in [0.25, 0.3) is 44.3 Å². The molecule has 0 amide bonds. The van der Waals surface area contributed by atoms with Gasteiger partial charge >= 0.3 is 0 Å². The van der Waals surface area contributed by atoms with Gasteiger partial charge in [0.1, 0.15) is 0 Å². The van der Waals surface area contributed by atoms with E-state index in [0.29, 0.717) is 33.6 Å². The zero-order valence-electron chi connectivity index (χ0n) is 21.8. The first kappa shape index (κ1) is 24.9. The number of phenolic OH excluding ortho intramolecular Hbond substituents is 2. The van der Waals surface area contributed by atoms with Crippen molar-refractivity contribution in [3.63, 3.8) is 0 Å². The Morgan fingerprint density at radius 3 is 1.45 bits per heavy atom. The summed E-state index contributed by atoms with van der Waals surface area (Å²) in [7, 11) is 2.94. The van der Waals surface area contributed by atoms with Gasteiger partial charge in [0.25, 0.3) is 0 Å². The van der Waals surface area contributed by atoms with Gasteiger partial charge in [0.2, 0.25) is 0 Å². The Bertz CT molecular complexity index is 1790. The number of carbonyl (C=O) groups excluding carboxylic acids is 1. The van der Waals surface area contributed by atoms with Crippen molar-refractivity contribution in [3.8, 4) is 45.5 Å². The number of para-hydroxylation sites is 2. The predicted molar refractivity (Wildman–Crippen MR) is 154 cm³/mol. The van der Waals surface area contributed by atoms with Crippen LogP contribution in [0.5, 0.6) is 23.0 Å². The first-order valence-electron chi connectivity index (χ1n) is 12.6. The number of carbonyl (C=O) groups is 1. The minimum atomic E-state index is -0.277. The lowest BCUT2D eigenvalue weighted by Crippen LogP contribution is -2.09. The molecule has 0 saturated carbocycles. The second kappa shape index (κ2) is 10.0. The molecule has 7 nitrogen and oxygen atoms in total. The molecule has 0 fully saturated rings. The lowest BCUT2D eigenvalue weighted by Gasteiger charge is -2.15. The molecule has 0 spiro atoms. The Morgan fingerprint density at radius 1 is 0.600 bits per heavy atom. The van der Waals surface area contributed by atoms with E-state index in [0.717, 1.165) is 21.8 Å². The number of benzene rings is 4. The third-order valence-electron chi connectivity index (χ3n) is 6.84. The van der Waals surface area contributed by atoms with Crippen LogP contribution in [0.4, 0.5) is 0 Å². The molecule has 0 bridgehead atoms. The van der Waals surface area contributed by atoms with Gasteiger partial charge in [-0.05, 0) is 60.7 Å². The van der Waals surface area contributed by atoms with E-state index in [1.54, 1.807) is 24.3 Å². The van der Waals surface area contributed by atoms with Crippen molar-refractivity contribution < 1.29 is 24.5 Å². The molecule has 0 unspecified atom stereocenters. The van der Waals surface area contributed by atoms with Crippen molar-refractivity contribution in [1.29, 1.82) is 0 Å². The molecule has 0 saturated heterocycles. The lowest BCUT2D eigenvalue weighted by molar-refractivity contribution is 0.103. The number of nitrogens with zero attached hydrogens (tertiary/aromatic N) is 2. The average molecular weight is 529 g/mol. The highest BCUT2D eigenvalue weighted by Crippen LogP contribution is 2.37. The highest BCUT2D eigenvalue weighted by molar-refractivity contribution is 6.17. The van der Waals surface area contributed by atoms with Crippen molar-refractivity contribution in [2.75, 3.05) is 14.2 Å². The van der Waals surface area contributed by atoms with E-state index in [1.807, 2.05) is 60.7 Å². The number of ketones is 1. The largest absolute Gasteiger partial charge is 0.504 e. The Kier molecular flexibility index (Phi) is 6.24. The van der Waals surface area contributed by atoms with Crippen LogP contribution in [0.3, 0.4) is 0 Å². The number of hydrogen-bond donors (Lipinski definition) is 2. The highest BCUT2D eigenvalue weighted by atomic mass is 16.5. The van der Waals surface area contributed by atoms with Crippen LogP contribution in [0.2, 0.25) is 0 Å². The van der Waals surface area contributed by atoms with E-state index < -0.39 is 0 Å². The fraction of sp³-hybridized carbons (Fsp3) is 0.0606. The van der Waals surface area contributed by atoms with E-state index in [4.69, 9.17) is 19.4 Å². The van der Waals surface area contributed by atoms with Gasteiger partial charge in [0, 0.05) is 33.0 Å². The van der Waals surface area contributed by atoms with Gasteiger partial charge in [-0.2, -0.15) is 0 Å². The summed E-state index contributed by atoms with van der Waals surface area (Å²) < 4.78 is 10.7. The van der Waals surface area contributed by atoms with Gasteiger partial charge in [0.05, 0.1) is 36.6 Å². The van der Waals surface area contributed by atoms with Gasteiger partial charge in [-0.1, -0.05) is 36.4 Å². The third-order valence-corrected chi connectivity index (χ3v) is 6.84. The van der Waals surface area contributed by atoms with Crippen molar-refractivity contribution >= 4 is 27.6 Å². The number of fused-ring (bicyclic) bond motifs is 2. The molecule has 7 heteroatoms. The topological polar surface area (TPSA) is 102 Å². The van der Waals surface area contributed by atoms with Crippen LogP contribution in [0.1, 0.15) is 15.9 Å². The highest BCUT2D eigenvalue weighted by Gasteiger charge is 2.23. The number of pyridine rings is 2. The summed E-state index contributed by atoms with van der Waals surface area (Å²) in [6.07, 6.45) is 0. The molecular formula is C33H24N2O5. The van der Waals surface area contributed by atoms with Crippen molar-refractivity contribution in [3.05, 3.63) is 108 Å². The maximum Gasteiger partial charge on any atom is 0.197 e. The van der Waals surface area contributed by atoms with Crippen LogP contribution >= 0.6 is 0 Å². The summed E-state index contributed by atoms with van der Waals surface area (Å²) in [6.45, 7) is 0. The monoisotopic (exact) mass is 528 g/mol. The maximum atomic E-state index is 14.5. The van der Waals surface area contributed by atoms with E-state index >= 15 is 0 Å².